The van der Waals surface area contributed by atoms with Crippen LogP contribution in [0.3, 0.4) is 0 Å². The van der Waals surface area contributed by atoms with Gasteiger partial charge in [0.05, 0.1) is 0 Å². The van der Waals surface area contributed by atoms with Crippen LogP contribution in [-0.2, 0) is 6.42 Å². The lowest BCUT2D eigenvalue weighted by atomic mass is 9.94. The zero-order chi connectivity index (χ0) is 16.7. The number of carbonyl (C=O) groups is 1. The lowest BCUT2D eigenvalue weighted by Crippen LogP contribution is -2.20. The fourth-order valence-corrected chi connectivity index (χ4v) is 2.78. The average molecular weight is 325 g/mol. The lowest BCUT2D eigenvalue weighted by molar-refractivity contribution is 0.0971. The summed E-state index contributed by atoms with van der Waals surface area (Å²) in [6, 6.07) is 7.12. The van der Waals surface area contributed by atoms with Crippen molar-refractivity contribution in [3.63, 3.8) is 0 Å². The summed E-state index contributed by atoms with van der Waals surface area (Å²) in [5.41, 5.74) is 1.50. The summed E-state index contributed by atoms with van der Waals surface area (Å²) in [4.78, 5) is 31.2. The molecule has 0 spiro atoms. The molecule has 2 heterocycles. The molecule has 0 amide bonds. The second-order valence-corrected chi connectivity index (χ2v) is 5.61. The zero-order valence-corrected chi connectivity index (χ0v) is 12.5. The van der Waals surface area contributed by atoms with Gasteiger partial charge in [0.1, 0.15) is 11.4 Å². The highest BCUT2D eigenvalue weighted by Crippen LogP contribution is 2.24. The first kappa shape index (κ1) is 14.5. The maximum absolute atomic E-state index is 13.0. The van der Waals surface area contributed by atoms with Crippen LogP contribution in [0.5, 0.6) is 0 Å². The van der Waals surface area contributed by atoms with Gasteiger partial charge in [0.25, 0.3) is 11.4 Å². The number of carbonyl (C=O) groups excluding carboxylic acids is 1. The number of ketones is 1. The minimum atomic E-state index is -0.377. The highest BCUT2D eigenvalue weighted by molar-refractivity contribution is 5.98. The largest absolute Gasteiger partial charge is 0.333 e. The second kappa shape index (κ2) is 5.52. The van der Waals surface area contributed by atoms with E-state index in [1.54, 1.807) is 0 Å². The molecular formula is C17H12FN3O3. The molecule has 0 atom stereocenters. The van der Waals surface area contributed by atoms with Crippen LogP contribution in [0.1, 0.15) is 28.9 Å². The Hall–Kier alpha value is -3.09. The van der Waals surface area contributed by atoms with Crippen LogP contribution in [0.15, 0.2) is 39.6 Å². The number of halogens is 1. The Bertz CT molecular complexity index is 989. The van der Waals surface area contributed by atoms with E-state index in [1.807, 2.05) is 0 Å². The maximum Gasteiger partial charge on any atom is 0.263 e. The molecule has 24 heavy (non-hydrogen) atoms. The summed E-state index contributed by atoms with van der Waals surface area (Å²) in [7, 11) is 0. The van der Waals surface area contributed by atoms with E-state index in [0.29, 0.717) is 29.7 Å². The fourth-order valence-electron chi connectivity index (χ4n) is 2.78. The van der Waals surface area contributed by atoms with Crippen LogP contribution in [0.4, 0.5) is 4.39 Å². The van der Waals surface area contributed by atoms with Crippen molar-refractivity contribution in [2.45, 2.75) is 19.3 Å². The van der Waals surface area contributed by atoms with Crippen molar-refractivity contribution < 1.29 is 13.7 Å². The molecule has 1 aromatic carbocycles. The van der Waals surface area contributed by atoms with Crippen molar-refractivity contribution in [3.8, 4) is 22.8 Å². The van der Waals surface area contributed by atoms with Crippen molar-refractivity contribution >= 4 is 5.78 Å². The van der Waals surface area contributed by atoms with E-state index in [2.05, 4.69) is 15.1 Å². The molecule has 6 nitrogen and oxygen atoms in total. The molecule has 0 unspecified atom stereocenters. The van der Waals surface area contributed by atoms with E-state index in [-0.39, 0.29) is 34.4 Å². The van der Waals surface area contributed by atoms with Gasteiger partial charge in [-0.05, 0) is 43.2 Å². The first-order chi connectivity index (χ1) is 11.6. The number of hydrogen-bond acceptors (Lipinski definition) is 5. The van der Waals surface area contributed by atoms with Crippen molar-refractivity contribution in [3.05, 3.63) is 57.8 Å². The number of aromatic nitrogens is 3. The van der Waals surface area contributed by atoms with Crippen LogP contribution < -0.4 is 5.56 Å². The Balaban J connectivity index is 1.77. The normalized spacial score (nSPS) is 13.8. The van der Waals surface area contributed by atoms with Gasteiger partial charge in [-0.3, -0.25) is 9.59 Å². The molecule has 3 aromatic rings. The molecule has 1 aliphatic carbocycles. The van der Waals surface area contributed by atoms with Crippen molar-refractivity contribution in [1.29, 1.82) is 0 Å². The molecule has 2 aromatic heterocycles. The van der Waals surface area contributed by atoms with Crippen molar-refractivity contribution in [2.24, 2.45) is 0 Å². The third-order valence-electron chi connectivity index (χ3n) is 4.01. The van der Waals surface area contributed by atoms with Gasteiger partial charge in [0.15, 0.2) is 5.78 Å². The average Bonchev–Trinajstić information content (AvgIpc) is 3.05. The van der Waals surface area contributed by atoms with E-state index in [9.17, 15) is 14.0 Å². The van der Waals surface area contributed by atoms with E-state index in [4.69, 9.17) is 4.52 Å². The van der Waals surface area contributed by atoms with Gasteiger partial charge in [-0.1, -0.05) is 5.16 Å². The number of aryl methyl sites for hydroxylation is 1. The number of pyridine rings is 1. The predicted octanol–water partition coefficient (Wildman–Crippen LogP) is 2.75. The number of aromatic amines is 1. The fraction of sp³-hybridized carbons (Fsp3) is 0.176. The Kier molecular flexibility index (Phi) is 3.34. The number of nitrogens with zero attached hydrogens (tertiary/aromatic N) is 2. The van der Waals surface area contributed by atoms with Crippen LogP contribution >= 0.6 is 0 Å². The Morgan fingerprint density at radius 3 is 2.67 bits per heavy atom. The number of nitrogens with one attached hydrogen (secondary N) is 1. The van der Waals surface area contributed by atoms with E-state index < -0.39 is 0 Å². The molecule has 1 aliphatic rings. The van der Waals surface area contributed by atoms with Crippen molar-refractivity contribution in [2.75, 3.05) is 0 Å². The standard InChI is InChI=1S/C17H12FN3O3/c18-10-6-4-9(5-7-10)15-20-17(24-21-15)12-8-11-13(19-16(12)23)2-1-3-14(11)22/h4-8H,1-3H2,(H,19,23). The molecular weight excluding hydrogens is 313 g/mol. The van der Waals surface area contributed by atoms with E-state index in [0.717, 1.165) is 6.42 Å². The summed E-state index contributed by atoms with van der Waals surface area (Å²) in [5, 5.41) is 3.82. The highest BCUT2D eigenvalue weighted by Gasteiger charge is 2.22. The Labute approximate surface area is 135 Å². The van der Waals surface area contributed by atoms with E-state index in [1.165, 1.54) is 30.3 Å². The number of H-pyrrole nitrogens is 1. The number of fused-ring (bicyclic) bond motifs is 1. The van der Waals surface area contributed by atoms with Crippen LogP contribution in [0.25, 0.3) is 22.8 Å². The number of Topliss-reactive ketones (excluding diaryl/α,β-unsaturated/α-hetero) is 1. The molecule has 7 heteroatoms. The van der Waals surface area contributed by atoms with Crippen LogP contribution in [0, 0.1) is 5.82 Å². The first-order valence-electron chi connectivity index (χ1n) is 7.51. The SMILES string of the molecule is O=C1CCCc2[nH]c(=O)c(-c3nc(-c4ccc(F)cc4)no3)cc21. The molecule has 0 saturated carbocycles. The van der Waals surface area contributed by atoms with Gasteiger partial charge in [-0.2, -0.15) is 4.98 Å². The smallest absolute Gasteiger partial charge is 0.263 e. The van der Waals surface area contributed by atoms with Crippen LogP contribution in [-0.4, -0.2) is 20.9 Å². The number of hydrogen-bond donors (Lipinski definition) is 1. The zero-order valence-electron chi connectivity index (χ0n) is 12.5. The molecule has 0 aliphatic heterocycles. The summed E-state index contributed by atoms with van der Waals surface area (Å²) in [6.07, 6.45) is 1.86. The molecule has 0 radical (unpaired) electrons. The molecule has 120 valence electrons. The van der Waals surface area contributed by atoms with Gasteiger partial charge < -0.3 is 9.51 Å². The van der Waals surface area contributed by atoms with Crippen molar-refractivity contribution in [1.82, 2.24) is 15.1 Å². The van der Waals surface area contributed by atoms with Crippen LogP contribution in [0.2, 0.25) is 0 Å². The van der Waals surface area contributed by atoms with Gasteiger partial charge in [0, 0.05) is 23.2 Å². The van der Waals surface area contributed by atoms with E-state index >= 15 is 0 Å². The summed E-state index contributed by atoms with van der Waals surface area (Å²) >= 11 is 0. The van der Waals surface area contributed by atoms with Gasteiger partial charge >= 0.3 is 0 Å². The highest BCUT2D eigenvalue weighted by atomic mass is 19.1. The Morgan fingerprint density at radius 2 is 1.88 bits per heavy atom. The maximum atomic E-state index is 13.0. The first-order valence-corrected chi connectivity index (χ1v) is 7.51. The second-order valence-electron chi connectivity index (χ2n) is 5.61. The molecule has 4 rings (SSSR count). The number of benzene rings is 1. The lowest BCUT2D eigenvalue weighted by Gasteiger charge is -2.14. The van der Waals surface area contributed by atoms with Gasteiger partial charge in [-0.25, -0.2) is 4.39 Å². The van der Waals surface area contributed by atoms with Gasteiger partial charge in [0.2, 0.25) is 5.82 Å². The number of rotatable bonds is 2. The molecule has 0 fully saturated rings. The molecule has 0 bridgehead atoms. The summed E-state index contributed by atoms with van der Waals surface area (Å²) in [5.74, 6) is -0.107. The molecule has 0 saturated heterocycles. The summed E-state index contributed by atoms with van der Waals surface area (Å²) in [6.45, 7) is 0. The monoisotopic (exact) mass is 325 g/mol. The summed E-state index contributed by atoms with van der Waals surface area (Å²) < 4.78 is 18.1. The minimum Gasteiger partial charge on any atom is -0.333 e. The third kappa shape index (κ3) is 2.44. The minimum absolute atomic E-state index is 0.00739. The molecule has 1 N–H and O–H groups in total. The van der Waals surface area contributed by atoms with Gasteiger partial charge in [-0.15, -0.1) is 0 Å². The third-order valence-corrected chi connectivity index (χ3v) is 4.01. The Morgan fingerprint density at radius 1 is 1.08 bits per heavy atom. The quantitative estimate of drug-likeness (QED) is 0.782. The topological polar surface area (TPSA) is 88.9 Å². The predicted molar refractivity (Wildman–Crippen MR) is 83.0 cm³/mol.